The van der Waals surface area contributed by atoms with Crippen LogP contribution in [-0.2, 0) is 0 Å². The molecule has 0 spiro atoms. The molecule has 0 saturated heterocycles. The molecule has 5 heteroatoms. The molecule has 1 rings (SSSR count). The van der Waals surface area contributed by atoms with E-state index in [4.69, 9.17) is 11.0 Å². The molecule has 0 amide bonds. The lowest BCUT2D eigenvalue weighted by Gasteiger charge is -2.06. The zero-order valence-corrected chi connectivity index (χ0v) is 6.67. The van der Waals surface area contributed by atoms with Crippen LogP contribution in [0.4, 0.5) is 8.78 Å². The maximum Gasteiger partial charge on any atom is 0.149 e. The maximum absolute atomic E-state index is 12.9. The van der Waals surface area contributed by atoms with Crippen molar-refractivity contribution in [3.05, 3.63) is 29.6 Å². The summed E-state index contributed by atoms with van der Waals surface area (Å²) >= 11 is 0. The van der Waals surface area contributed by atoms with Crippen LogP contribution in [0.15, 0.2) is 12.3 Å². The largest absolute Gasteiger partial charge is 0.322 e. The van der Waals surface area contributed by atoms with E-state index in [-0.39, 0.29) is 12.1 Å². The van der Waals surface area contributed by atoms with Gasteiger partial charge in [-0.05, 0) is 0 Å². The molecule has 1 unspecified atom stereocenters. The average Bonchev–Trinajstić information content (AvgIpc) is 2.04. The highest BCUT2D eigenvalue weighted by molar-refractivity contribution is 5.13. The van der Waals surface area contributed by atoms with Crippen molar-refractivity contribution >= 4 is 0 Å². The van der Waals surface area contributed by atoms with Crippen LogP contribution in [0.3, 0.4) is 0 Å². The summed E-state index contributed by atoms with van der Waals surface area (Å²) in [5.41, 5.74) is 5.33. The monoisotopic (exact) mass is 183 g/mol. The topological polar surface area (TPSA) is 62.7 Å². The van der Waals surface area contributed by atoms with Crippen LogP contribution in [-0.4, -0.2) is 4.98 Å². The Hall–Kier alpha value is -1.54. The third-order valence-corrected chi connectivity index (χ3v) is 1.50. The Morgan fingerprint density at radius 1 is 1.62 bits per heavy atom. The quantitative estimate of drug-likeness (QED) is 0.751. The lowest BCUT2D eigenvalue weighted by atomic mass is 10.1. The summed E-state index contributed by atoms with van der Waals surface area (Å²) in [6.45, 7) is 0. The van der Waals surface area contributed by atoms with Crippen molar-refractivity contribution < 1.29 is 8.78 Å². The lowest BCUT2D eigenvalue weighted by Crippen LogP contribution is -2.13. The third-order valence-electron chi connectivity index (χ3n) is 1.50. The van der Waals surface area contributed by atoms with Gasteiger partial charge in [0.15, 0.2) is 0 Å². The molecular formula is C8H7F2N3. The van der Waals surface area contributed by atoms with Gasteiger partial charge >= 0.3 is 0 Å². The number of hydrogen-bond acceptors (Lipinski definition) is 3. The molecule has 13 heavy (non-hydrogen) atoms. The van der Waals surface area contributed by atoms with Gasteiger partial charge in [-0.1, -0.05) is 0 Å². The zero-order valence-electron chi connectivity index (χ0n) is 6.67. The minimum atomic E-state index is -0.817. The summed E-state index contributed by atoms with van der Waals surface area (Å²) in [5.74, 6) is -1.58. The number of halogens is 2. The first-order chi connectivity index (χ1) is 6.15. The van der Waals surface area contributed by atoms with E-state index < -0.39 is 17.7 Å². The van der Waals surface area contributed by atoms with Crippen LogP contribution in [0, 0.1) is 23.0 Å². The molecule has 3 nitrogen and oxygen atoms in total. The molecule has 1 heterocycles. The first-order valence-corrected chi connectivity index (χ1v) is 3.58. The molecule has 2 N–H and O–H groups in total. The molecule has 0 aliphatic heterocycles. The highest BCUT2D eigenvalue weighted by atomic mass is 19.1. The van der Waals surface area contributed by atoms with Gasteiger partial charge in [0.25, 0.3) is 0 Å². The predicted molar refractivity (Wildman–Crippen MR) is 41.3 cm³/mol. The SMILES string of the molecule is N#CCC(N)c1ncc(F)cc1F. The molecule has 0 radical (unpaired) electrons. The Morgan fingerprint density at radius 3 is 2.85 bits per heavy atom. The van der Waals surface area contributed by atoms with Crippen LogP contribution >= 0.6 is 0 Å². The zero-order chi connectivity index (χ0) is 9.84. The van der Waals surface area contributed by atoms with Crippen molar-refractivity contribution in [2.45, 2.75) is 12.5 Å². The Kier molecular flexibility index (Phi) is 2.88. The van der Waals surface area contributed by atoms with E-state index >= 15 is 0 Å². The maximum atomic E-state index is 12.9. The summed E-state index contributed by atoms with van der Waals surface area (Å²) in [6, 6.07) is 1.68. The van der Waals surface area contributed by atoms with Gasteiger partial charge in [0.05, 0.1) is 30.4 Å². The minimum absolute atomic E-state index is 0.0461. The second-order valence-electron chi connectivity index (χ2n) is 2.49. The molecule has 1 atom stereocenters. The molecule has 0 bridgehead atoms. The number of rotatable bonds is 2. The fourth-order valence-electron chi connectivity index (χ4n) is 0.893. The molecular weight excluding hydrogens is 176 g/mol. The smallest absolute Gasteiger partial charge is 0.149 e. The summed E-state index contributed by atoms with van der Waals surface area (Å²) in [6.07, 6.45) is 0.825. The molecule has 1 aromatic rings. The van der Waals surface area contributed by atoms with Gasteiger partial charge < -0.3 is 5.73 Å². The third kappa shape index (κ3) is 2.20. The number of hydrogen-bond donors (Lipinski definition) is 1. The van der Waals surface area contributed by atoms with Crippen molar-refractivity contribution in [2.24, 2.45) is 5.73 Å². The molecule has 0 fully saturated rings. The van der Waals surface area contributed by atoms with Crippen LogP contribution in [0.25, 0.3) is 0 Å². The second-order valence-corrected chi connectivity index (χ2v) is 2.49. The van der Waals surface area contributed by atoms with E-state index in [9.17, 15) is 8.78 Å². The van der Waals surface area contributed by atoms with E-state index in [0.717, 1.165) is 6.20 Å². The number of pyridine rings is 1. The first kappa shape index (κ1) is 9.55. The lowest BCUT2D eigenvalue weighted by molar-refractivity contribution is 0.538. The van der Waals surface area contributed by atoms with Crippen molar-refractivity contribution in [1.29, 1.82) is 5.26 Å². The van der Waals surface area contributed by atoms with Gasteiger partial charge in [-0.3, -0.25) is 4.98 Å². The fourth-order valence-corrected chi connectivity index (χ4v) is 0.893. The fraction of sp³-hybridized carbons (Fsp3) is 0.250. The van der Waals surface area contributed by atoms with Crippen LogP contribution < -0.4 is 5.73 Å². The predicted octanol–water partition coefficient (Wildman–Crippen LogP) is 1.27. The number of aromatic nitrogens is 1. The summed E-state index contributed by atoms with van der Waals surface area (Å²) in [5, 5.41) is 8.29. The van der Waals surface area contributed by atoms with Crippen molar-refractivity contribution in [1.82, 2.24) is 4.98 Å². The Balaban J connectivity index is 2.96. The van der Waals surface area contributed by atoms with Gasteiger partial charge in [0.1, 0.15) is 11.6 Å². The Labute approximate surface area is 73.8 Å². The first-order valence-electron chi connectivity index (χ1n) is 3.58. The number of nitrogens with zero attached hydrogens (tertiary/aromatic N) is 2. The van der Waals surface area contributed by atoms with Crippen LogP contribution in [0.1, 0.15) is 18.2 Å². The Bertz CT molecular complexity index is 346. The van der Waals surface area contributed by atoms with E-state index in [1.165, 1.54) is 0 Å². The highest BCUT2D eigenvalue weighted by Gasteiger charge is 2.13. The number of nitriles is 1. The normalized spacial score (nSPS) is 12.2. The second kappa shape index (κ2) is 3.92. The molecule has 0 aliphatic carbocycles. The minimum Gasteiger partial charge on any atom is -0.322 e. The average molecular weight is 183 g/mol. The van der Waals surface area contributed by atoms with E-state index in [2.05, 4.69) is 4.98 Å². The summed E-state index contributed by atoms with van der Waals surface area (Å²) in [7, 11) is 0. The van der Waals surface area contributed by atoms with Gasteiger partial charge in [-0.15, -0.1) is 0 Å². The summed E-state index contributed by atoms with van der Waals surface area (Å²) < 4.78 is 25.3. The highest BCUT2D eigenvalue weighted by Crippen LogP contribution is 2.15. The van der Waals surface area contributed by atoms with Crippen LogP contribution in [0.2, 0.25) is 0 Å². The Morgan fingerprint density at radius 2 is 2.31 bits per heavy atom. The molecule has 0 aliphatic rings. The molecule has 1 aromatic heterocycles. The van der Waals surface area contributed by atoms with E-state index in [1.54, 1.807) is 6.07 Å². The van der Waals surface area contributed by atoms with Crippen molar-refractivity contribution in [3.8, 4) is 6.07 Å². The van der Waals surface area contributed by atoms with Crippen molar-refractivity contribution in [3.63, 3.8) is 0 Å². The van der Waals surface area contributed by atoms with Gasteiger partial charge in [-0.25, -0.2) is 8.78 Å². The summed E-state index contributed by atoms with van der Waals surface area (Å²) in [4.78, 5) is 3.47. The molecule has 0 saturated carbocycles. The van der Waals surface area contributed by atoms with Gasteiger partial charge in [0.2, 0.25) is 0 Å². The van der Waals surface area contributed by atoms with E-state index in [1.807, 2.05) is 0 Å². The van der Waals surface area contributed by atoms with E-state index in [0.29, 0.717) is 6.07 Å². The van der Waals surface area contributed by atoms with Crippen molar-refractivity contribution in [2.75, 3.05) is 0 Å². The van der Waals surface area contributed by atoms with Gasteiger partial charge in [0, 0.05) is 6.07 Å². The number of nitrogens with two attached hydrogens (primary N) is 1. The van der Waals surface area contributed by atoms with Gasteiger partial charge in [-0.2, -0.15) is 5.26 Å². The molecule has 0 aromatic carbocycles. The molecule has 68 valence electrons. The standard InChI is InChI=1S/C8H7F2N3/c9-5-3-6(10)8(13-4-5)7(12)1-2-11/h3-4,7H,1,12H2. The van der Waals surface area contributed by atoms with Crippen LogP contribution in [0.5, 0.6) is 0 Å².